The number of hydrogen-bond donors (Lipinski definition) is 0. The summed E-state index contributed by atoms with van der Waals surface area (Å²) in [6, 6.07) is 11.4. The molecule has 0 bridgehead atoms. The zero-order chi connectivity index (χ0) is 13.5. The van der Waals surface area contributed by atoms with Crippen LogP contribution in [0.1, 0.15) is 5.56 Å². The molecule has 0 atom stereocenters. The fourth-order valence-electron chi connectivity index (χ4n) is 1.35. The molecule has 4 heteroatoms. The Hall–Kier alpha value is -2.04. The van der Waals surface area contributed by atoms with Crippen LogP contribution < -0.4 is 0 Å². The molecular formula is C14H12BrN3. The first kappa shape index (κ1) is 14.0. The Morgan fingerprint density at radius 3 is 2.44 bits per heavy atom. The monoisotopic (exact) mass is 301 g/mol. The summed E-state index contributed by atoms with van der Waals surface area (Å²) in [4.78, 5) is 1.85. The normalized spacial score (nSPS) is 9.61. The fourth-order valence-corrected chi connectivity index (χ4v) is 1.75. The summed E-state index contributed by atoms with van der Waals surface area (Å²) in [5.74, 6) is 0. The first-order valence-electron chi connectivity index (χ1n) is 5.23. The van der Waals surface area contributed by atoms with Gasteiger partial charge >= 0.3 is 0 Å². The van der Waals surface area contributed by atoms with Crippen molar-refractivity contribution < 1.29 is 0 Å². The molecule has 0 radical (unpaired) electrons. The van der Waals surface area contributed by atoms with E-state index in [2.05, 4.69) is 15.9 Å². The van der Waals surface area contributed by atoms with Crippen molar-refractivity contribution in [1.29, 1.82) is 10.5 Å². The summed E-state index contributed by atoms with van der Waals surface area (Å²) < 4.78 is 0.908. The highest BCUT2D eigenvalue weighted by Gasteiger charge is 2.06. The van der Waals surface area contributed by atoms with Crippen molar-refractivity contribution >= 4 is 21.5 Å². The molecule has 0 amide bonds. The smallest absolute Gasteiger partial charge is 0.137 e. The number of hydrogen-bond acceptors (Lipinski definition) is 3. The van der Waals surface area contributed by atoms with Crippen LogP contribution in [0.3, 0.4) is 0 Å². The van der Waals surface area contributed by atoms with Gasteiger partial charge in [-0.05, 0) is 30.0 Å². The summed E-state index contributed by atoms with van der Waals surface area (Å²) in [6.07, 6.45) is 3.58. The van der Waals surface area contributed by atoms with Crippen LogP contribution in [-0.4, -0.2) is 19.0 Å². The Bertz CT molecular complexity index is 555. The van der Waals surface area contributed by atoms with Crippen molar-refractivity contribution in [3.8, 4) is 12.1 Å². The molecule has 0 saturated carbocycles. The largest absolute Gasteiger partial charge is 0.383 e. The predicted octanol–water partition coefficient (Wildman–Crippen LogP) is 3.33. The van der Waals surface area contributed by atoms with E-state index in [0.717, 1.165) is 10.0 Å². The second-order valence-electron chi connectivity index (χ2n) is 3.80. The predicted molar refractivity (Wildman–Crippen MR) is 75.1 cm³/mol. The minimum absolute atomic E-state index is 0.103. The topological polar surface area (TPSA) is 50.8 Å². The number of benzene rings is 1. The van der Waals surface area contributed by atoms with Gasteiger partial charge < -0.3 is 4.90 Å². The third-order valence-electron chi connectivity index (χ3n) is 2.17. The zero-order valence-corrected chi connectivity index (χ0v) is 11.8. The third kappa shape index (κ3) is 3.76. The molecule has 1 aromatic carbocycles. The van der Waals surface area contributed by atoms with E-state index >= 15 is 0 Å². The molecule has 0 spiro atoms. The zero-order valence-electron chi connectivity index (χ0n) is 10.2. The Morgan fingerprint density at radius 1 is 1.28 bits per heavy atom. The molecule has 0 fully saturated rings. The van der Waals surface area contributed by atoms with Crippen LogP contribution in [0.4, 0.5) is 0 Å². The average Bonchev–Trinajstić information content (AvgIpc) is 2.34. The molecule has 90 valence electrons. The SMILES string of the molecule is CN(C)/C=C/C(=C(C#N)C#N)c1cccc(Br)c1. The van der Waals surface area contributed by atoms with Gasteiger partial charge in [-0.25, -0.2) is 0 Å². The lowest BCUT2D eigenvalue weighted by Crippen LogP contribution is -2.00. The van der Waals surface area contributed by atoms with E-state index in [9.17, 15) is 0 Å². The minimum Gasteiger partial charge on any atom is -0.383 e. The maximum atomic E-state index is 9.00. The lowest BCUT2D eigenvalue weighted by Gasteiger charge is -2.07. The average molecular weight is 302 g/mol. The molecule has 0 unspecified atom stereocenters. The third-order valence-corrected chi connectivity index (χ3v) is 2.66. The van der Waals surface area contributed by atoms with E-state index in [1.807, 2.05) is 61.6 Å². The second kappa shape index (κ2) is 6.64. The summed E-state index contributed by atoms with van der Waals surface area (Å²) in [6.45, 7) is 0. The van der Waals surface area contributed by atoms with Crippen LogP contribution in [0.25, 0.3) is 5.57 Å². The number of allylic oxidation sites excluding steroid dienone is 3. The quantitative estimate of drug-likeness (QED) is 0.635. The first-order valence-corrected chi connectivity index (χ1v) is 6.03. The van der Waals surface area contributed by atoms with Crippen LogP contribution in [0, 0.1) is 22.7 Å². The molecule has 18 heavy (non-hydrogen) atoms. The van der Waals surface area contributed by atoms with E-state index in [-0.39, 0.29) is 5.57 Å². The highest BCUT2D eigenvalue weighted by molar-refractivity contribution is 9.10. The number of halogens is 1. The van der Waals surface area contributed by atoms with Gasteiger partial charge in [-0.2, -0.15) is 10.5 Å². The highest BCUT2D eigenvalue weighted by atomic mass is 79.9. The van der Waals surface area contributed by atoms with Gasteiger partial charge in [0.05, 0.1) is 0 Å². The molecule has 1 rings (SSSR count). The van der Waals surface area contributed by atoms with Crippen molar-refractivity contribution in [3.05, 3.63) is 52.2 Å². The number of nitriles is 2. The van der Waals surface area contributed by atoms with E-state index in [4.69, 9.17) is 10.5 Å². The second-order valence-corrected chi connectivity index (χ2v) is 4.72. The van der Waals surface area contributed by atoms with Crippen LogP contribution in [-0.2, 0) is 0 Å². The first-order chi connectivity index (χ1) is 8.58. The van der Waals surface area contributed by atoms with Gasteiger partial charge in [0, 0.05) is 24.1 Å². The van der Waals surface area contributed by atoms with Crippen LogP contribution in [0.15, 0.2) is 46.6 Å². The summed E-state index contributed by atoms with van der Waals surface area (Å²) >= 11 is 3.38. The van der Waals surface area contributed by atoms with Gasteiger partial charge in [-0.3, -0.25) is 0 Å². The van der Waals surface area contributed by atoms with E-state index in [1.54, 1.807) is 6.08 Å². The van der Waals surface area contributed by atoms with Gasteiger partial charge in [-0.15, -0.1) is 0 Å². The van der Waals surface area contributed by atoms with Gasteiger partial charge in [-0.1, -0.05) is 28.1 Å². The summed E-state index contributed by atoms with van der Waals surface area (Å²) in [7, 11) is 3.76. The molecule has 0 aliphatic carbocycles. The van der Waals surface area contributed by atoms with E-state index < -0.39 is 0 Å². The molecule has 0 aliphatic heterocycles. The van der Waals surface area contributed by atoms with Crippen molar-refractivity contribution in [3.63, 3.8) is 0 Å². The van der Waals surface area contributed by atoms with Crippen LogP contribution in [0.5, 0.6) is 0 Å². The van der Waals surface area contributed by atoms with E-state index in [1.165, 1.54) is 0 Å². The fraction of sp³-hybridized carbons (Fsp3) is 0.143. The van der Waals surface area contributed by atoms with Gasteiger partial charge in [0.25, 0.3) is 0 Å². The van der Waals surface area contributed by atoms with Gasteiger partial charge in [0.15, 0.2) is 0 Å². The molecule has 3 nitrogen and oxygen atoms in total. The highest BCUT2D eigenvalue weighted by Crippen LogP contribution is 2.23. The summed E-state index contributed by atoms with van der Waals surface area (Å²) in [5.41, 5.74) is 1.56. The Kier molecular flexibility index (Phi) is 5.17. The molecule has 1 aromatic rings. The standard InChI is InChI=1S/C14H12BrN3/c1-18(2)7-6-14(12(9-16)10-17)11-4-3-5-13(15)8-11/h3-8H,1-2H3/b7-6+. The van der Waals surface area contributed by atoms with Crippen molar-refractivity contribution in [2.45, 2.75) is 0 Å². The molecule has 0 heterocycles. The molecule has 0 N–H and O–H groups in total. The van der Waals surface area contributed by atoms with Gasteiger partial charge in [0.1, 0.15) is 17.7 Å². The number of rotatable bonds is 3. The van der Waals surface area contributed by atoms with Gasteiger partial charge in [0.2, 0.25) is 0 Å². The maximum Gasteiger partial charge on any atom is 0.137 e. The Morgan fingerprint density at radius 2 is 1.94 bits per heavy atom. The molecule has 0 aromatic heterocycles. The Balaban J connectivity index is 3.36. The van der Waals surface area contributed by atoms with Crippen LogP contribution in [0.2, 0.25) is 0 Å². The van der Waals surface area contributed by atoms with Crippen molar-refractivity contribution in [2.75, 3.05) is 14.1 Å². The van der Waals surface area contributed by atoms with Crippen molar-refractivity contribution in [1.82, 2.24) is 4.90 Å². The van der Waals surface area contributed by atoms with Crippen molar-refractivity contribution in [2.24, 2.45) is 0 Å². The molecular weight excluding hydrogens is 290 g/mol. The maximum absolute atomic E-state index is 9.00. The lowest BCUT2D eigenvalue weighted by molar-refractivity contribution is 0.564. The number of nitrogens with zero attached hydrogens (tertiary/aromatic N) is 3. The summed E-state index contributed by atoms with van der Waals surface area (Å²) in [5, 5.41) is 18.0. The minimum atomic E-state index is 0.103. The Labute approximate surface area is 115 Å². The van der Waals surface area contributed by atoms with Crippen LogP contribution >= 0.6 is 15.9 Å². The molecule has 0 saturated heterocycles. The lowest BCUT2D eigenvalue weighted by atomic mass is 10.0. The molecule has 0 aliphatic rings. The van der Waals surface area contributed by atoms with E-state index in [0.29, 0.717) is 5.57 Å².